The van der Waals surface area contributed by atoms with Gasteiger partial charge in [-0.25, -0.2) is 9.67 Å². The Bertz CT molecular complexity index is 1920. The second-order valence-corrected chi connectivity index (χ2v) is 14.7. The molecule has 3 atom stereocenters. The lowest BCUT2D eigenvalue weighted by molar-refractivity contribution is -0.0469. The standard InChI is InChI=1S/C34H39N9O4S/c1-19(24-8-6-13-41(24)2)46-27-15-26(43-14-10-23(39-43)33(44)42(3)20-17-45-18-20)37-32(38-27)29-21-7-4-11-34(30(21)40-47-29)12-5-9-25-28(34)22(16-35)31(36)48-25/h10,14-15,19-20,24H,4-9,11-13,17-18,36H2,1-3H3/t19-,24-,34-/m0/s1. The number of carbonyl (C=O) groups excluding carboxylic acids is 1. The van der Waals surface area contributed by atoms with Gasteiger partial charge in [0.05, 0.1) is 30.5 Å². The number of nitrogens with two attached hydrogens (primary N) is 1. The molecule has 13 nitrogen and oxygen atoms in total. The Morgan fingerprint density at radius 1 is 1.25 bits per heavy atom. The molecule has 6 heterocycles. The molecular weight excluding hydrogens is 630 g/mol. The Kier molecular flexibility index (Phi) is 7.73. The van der Waals surface area contributed by atoms with Crippen molar-refractivity contribution in [2.24, 2.45) is 0 Å². The van der Waals surface area contributed by atoms with Crippen molar-refractivity contribution in [3.05, 3.63) is 51.3 Å². The fourth-order valence-corrected chi connectivity index (χ4v) is 9.24. The highest BCUT2D eigenvalue weighted by molar-refractivity contribution is 7.16. The molecule has 0 aromatic carbocycles. The highest BCUT2D eigenvalue weighted by Gasteiger charge is 2.48. The number of thiophene rings is 1. The molecule has 2 aliphatic carbocycles. The molecule has 48 heavy (non-hydrogen) atoms. The van der Waals surface area contributed by atoms with Crippen LogP contribution >= 0.6 is 11.3 Å². The van der Waals surface area contributed by atoms with Crippen LogP contribution < -0.4 is 10.5 Å². The molecule has 0 radical (unpaired) electrons. The summed E-state index contributed by atoms with van der Waals surface area (Å²) in [7, 11) is 3.89. The van der Waals surface area contributed by atoms with E-state index in [1.165, 1.54) is 16.2 Å². The molecule has 0 saturated carbocycles. The second kappa shape index (κ2) is 12.0. The largest absolute Gasteiger partial charge is 0.473 e. The van der Waals surface area contributed by atoms with Crippen molar-refractivity contribution in [2.75, 3.05) is 39.6 Å². The van der Waals surface area contributed by atoms with Crippen LogP contribution in [0.15, 0.2) is 22.9 Å². The van der Waals surface area contributed by atoms with E-state index in [1.54, 1.807) is 35.0 Å². The van der Waals surface area contributed by atoms with Gasteiger partial charge in [0.25, 0.3) is 5.91 Å². The molecule has 1 spiro atoms. The van der Waals surface area contributed by atoms with Gasteiger partial charge in [0.2, 0.25) is 17.5 Å². The third-order valence-corrected chi connectivity index (χ3v) is 11.8. The Hall–Kier alpha value is -4.32. The minimum absolute atomic E-state index is 0.0411. The molecule has 14 heteroatoms. The number of rotatable bonds is 7. The van der Waals surface area contributed by atoms with E-state index < -0.39 is 5.41 Å². The van der Waals surface area contributed by atoms with E-state index in [1.807, 2.05) is 0 Å². The van der Waals surface area contributed by atoms with E-state index in [9.17, 15) is 10.1 Å². The van der Waals surface area contributed by atoms with Gasteiger partial charge in [-0.1, -0.05) is 5.16 Å². The highest BCUT2D eigenvalue weighted by atomic mass is 32.1. The van der Waals surface area contributed by atoms with E-state index >= 15 is 0 Å². The number of nitrogen functional groups attached to an aromatic ring is 1. The van der Waals surface area contributed by atoms with Crippen molar-refractivity contribution in [1.29, 1.82) is 5.26 Å². The molecule has 2 aliphatic heterocycles. The van der Waals surface area contributed by atoms with E-state index in [0.29, 0.717) is 52.8 Å². The maximum absolute atomic E-state index is 13.2. The van der Waals surface area contributed by atoms with Crippen LogP contribution in [-0.2, 0) is 23.0 Å². The molecule has 0 unspecified atom stereocenters. The van der Waals surface area contributed by atoms with Gasteiger partial charge in [-0.3, -0.25) is 9.69 Å². The van der Waals surface area contributed by atoms with Crippen molar-refractivity contribution in [2.45, 2.75) is 81.9 Å². The predicted octanol–water partition coefficient (Wildman–Crippen LogP) is 4.12. The number of hydrogen-bond acceptors (Lipinski definition) is 12. The van der Waals surface area contributed by atoms with Crippen molar-refractivity contribution in [3.8, 4) is 29.4 Å². The fourth-order valence-electron chi connectivity index (χ4n) is 8.08. The average Bonchev–Trinajstić information content (AvgIpc) is 3.86. The third-order valence-electron chi connectivity index (χ3n) is 10.7. The zero-order chi connectivity index (χ0) is 33.2. The second-order valence-electron chi connectivity index (χ2n) is 13.5. The lowest BCUT2D eigenvalue weighted by atomic mass is 9.62. The summed E-state index contributed by atoms with van der Waals surface area (Å²) in [5, 5.41) is 20.0. The summed E-state index contributed by atoms with van der Waals surface area (Å²) >= 11 is 1.53. The molecule has 2 fully saturated rings. The Labute approximate surface area is 282 Å². The van der Waals surface area contributed by atoms with Crippen LogP contribution in [0.4, 0.5) is 5.00 Å². The quantitative estimate of drug-likeness (QED) is 0.301. The number of likely N-dealkylation sites (tertiary alicyclic amines) is 1. The molecule has 8 rings (SSSR count). The monoisotopic (exact) mass is 669 g/mol. The van der Waals surface area contributed by atoms with E-state index in [0.717, 1.165) is 74.7 Å². The van der Waals surface area contributed by atoms with Gasteiger partial charge in [-0.2, -0.15) is 15.3 Å². The number of nitrogens with zero attached hydrogens (tertiary/aromatic N) is 8. The van der Waals surface area contributed by atoms with Crippen molar-refractivity contribution in [1.82, 2.24) is 34.7 Å². The maximum atomic E-state index is 13.2. The molecule has 4 aromatic heterocycles. The Morgan fingerprint density at radius 2 is 2.06 bits per heavy atom. The van der Waals surface area contributed by atoms with Gasteiger partial charge in [-0.05, 0) is 83.5 Å². The van der Waals surface area contributed by atoms with Crippen molar-refractivity contribution in [3.63, 3.8) is 0 Å². The number of carbonyl (C=O) groups is 1. The predicted molar refractivity (Wildman–Crippen MR) is 177 cm³/mol. The van der Waals surface area contributed by atoms with Crippen LogP contribution in [0.25, 0.3) is 17.4 Å². The van der Waals surface area contributed by atoms with Crippen molar-refractivity contribution >= 4 is 22.2 Å². The molecule has 4 aliphatic rings. The van der Waals surface area contributed by atoms with Gasteiger partial charge in [0, 0.05) is 41.2 Å². The van der Waals surface area contributed by atoms with E-state index in [4.69, 9.17) is 34.9 Å². The SMILES string of the molecule is C[C@H](Oc1cc(-n2ccc(C(=O)N(C)C3COC3)n2)nc(-c2onc3c2CCC[C@@]32CCCc3sc(N)c(C#N)c32)n1)[C@@H]1CCCN1C. The van der Waals surface area contributed by atoms with E-state index in [2.05, 4.69) is 30.0 Å². The molecule has 4 aromatic rings. The van der Waals surface area contributed by atoms with Crippen LogP contribution in [0.2, 0.25) is 0 Å². The van der Waals surface area contributed by atoms with E-state index in [-0.39, 0.29) is 24.1 Å². The van der Waals surface area contributed by atoms with Crippen LogP contribution in [0, 0.1) is 11.3 Å². The maximum Gasteiger partial charge on any atom is 0.274 e. The molecule has 2 saturated heterocycles. The van der Waals surface area contributed by atoms with Crippen LogP contribution in [0.3, 0.4) is 0 Å². The number of ether oxygens (including phenoxy) is 2. The lowest BCUT2D eigenvalue weighted by Crippen LogP contribution is -2.49. The average molecular weight is 670 g/mol. The molecule has 2 N–H and O–H groups in total. The summed E-state index contributed by atoms with van der Waals surface area (Å²) < 4.78 is 19.5. The molecule has 1 amide bonds. The van der Waals surface area contributed by atoms with Gasteiger partial charge < -0.3 is 24.6 Å². The van der Waals surface area contributed by atoms with Crippen LogP contribution in [-0.4, -0.2) is 92.7 Å². The molecule has 0 bridgehead atoms. The summed E-state index contributed by atoms with van der Waals surface area (Å²) in [6.07, 6.45) is 9.06. The first-order valence-corrected chi connectivity index (χ1v) is 17.6. The number of amides is 1. The van der Waals surface area contributed by atoms with Gasteiger partial charge in [0.15, 0.2) is 11.5 Å². The number of anilines is 1. The first-order chi connectivity index (χ1) is 23.3. The Morgan fingerprint density at radius 3 is 2.79 bits per heavy atom. The zero-order valence-electron chi connectivity index (χ0n) is 27.4. The summed E-state index contributed by atoms with van der Waals surface area (Å²) in [4.78, 5) is 28.2. The van der Waals surface area contributed by atoms with Gasteiger partial charge in [0.1, 0.15) is 17.2 Å². The molecule has 250 valence electrons. The topological polar surface area (TPSA) is 161 Å². The molecular formula is C34H39N9O4S. The zero-order valence-corrected chi connectivity index (χ0v) is 28.3. The Balaban J connectivity index is 1.20. The number of aromatic nitrogens is 5. The van der Waals surface area contributed by atoms with Gasteiger partial charge in [-0.15, -0.1) is 11.3 Å². The minimum Gasteiger partial charge on any atom is -0.473 e. The third kappa shape index (κ3) is 4.98. The minimum atomic E-state index is -0.435. The first kappa shape index (κ1) is 31.0. The summed E-state index contributed by atoms with van der Waals surface area (Å²) in [6.45, 7) is 4.14. The van der Waals surface area contributed by atoms with Crippen LogP contribution in [0.5, 0.6) is 5.88 Å². The summed E-state index contributed by atoms with van der Waals surface area (Å²) in [6, 6.07) is 6.14. The smallest absolute Gasteiger partial charge is 0.274 e. The van der Waals surface area contributed by atoms with Crippen molar-refractivity contribution < 1.29 is 18.8 Å². The number of aryl methyl sites for hydroxylation is 1. The number of likely N-dealkylation sites (N-methyl/N-ethyl adjacent to an activating group) is 2. The number of hydrogen-bond donors (Lipinski definition) is 1. The van der Waals surface area contributed by atoms with Gasteiger partial charge >= 0.3 is 0 Å². The number of fused-ring (bicyclic) bond motifs is 4. The fraction of sp³-hybridized carbons (Fsp3) is 0.529. The highest BCUT2D eigenvalue weighted by Crippen LogP contribution is 2.54. The normalized spacial score (nSPS) is 22.9. The van der Waals surface area contributed by atoms with Crippen LogP contribution in [0.1, 0.15) is 83.2 Å². The first-order valence-electron chi connectivity index (χ1n) is 16.8. The lowest BCUT2D eigenvalue weighted by Gasteiger charge is -2.39. The number of nitriles is 1. The summed E-state index contributed by atoms with van der Waals surface area (Å²) in [5.74, 6) is 1.49. The summed E-state index contributed by atoms with van der Waals surface area (Å²) in [5.41, 5.74) is 9.64.